The van der Waals surface area contributed by atoms with Crippen LogP contribution in [0.3, 0.4) is 0 Å². The zero-order chi connectivity index (χ0) is 10.6. The van der Waals surface area contributed by atoms with Crippen LogP contribution in [0.2, 0.25) is 0 Å². The molecule has 4 nitrogen and oxygen atoms in total. The van der Waals surface area contributed by atoms with Crippen LogP contribution in [0.4, 0.5) is 0 Å². The molecule has 0 radical (unpaired) electrons. The van der Waals surface area contributed by atoms with Gasteiger partial charge in [0.2, 0.25) is 5.78 Å². The first-order valence-electron chi connectivity index (χ1n) is 3.99. The first-order valence-corrected chi connectivity index (χ1v) is 3.99. The zero-order valence-electron chi connectivity index (χ0n) is 7.65. The molecule has 0 aliphatic heterocycles. The predicted molar refractivity (Wildman–Crippen MR) is 46.5 cm³/mol. The molecule has 1 rings (SSSR count). The van der Waals surface area contributed by atoms with Crippen LogP contribution in [0.1, 0.15) is 15.9 Å². The second-order valence-corrected chi connectivity index (χ2v) is 2.71. The zero-order valence-corrected chi connectivity index (χ0v) is 7.65. The van der Waals surface area contributed by atoms with Crippen molar-refractivity contribution in [1.82, 2.24) is 0 Å². The lowest BCUT2D eigenvalue weighted by Crippen LogP contribution is -2.32. The summed E-state index contributed by atoms with van der Waals surface area (Å²) in [5.41, 5.74) is 0.665. The molecular weight excluding hydrogens is 184 g/mol. The molecule has 0 N–H and O–H groups in total. The molecule has 0 aliphatic rings. The van der Waals surface area contributed by atoms with E-state index >= 15 is 0 Å². The fourth-order valence-electron chi connectivity index (χ4n) is 1.13. The van der Waals surface area contributed by atoms with Crippen LogP contribution in [0.25, 0.3) is 0 Å². The number of hydrogen-bond donors (Lipinski definition) is 0. The molecule has 0 saturated heterocycles. The molecule has 0 atom stereocenters. The fourth-order valence-corrected chi connectivity index (χ4v) is 1.13. The van der Waals surface area contributed by atoms with Gasteiger partial charge in [0.05, 0.1) is 6.61 Å². The SMILES string of the molecule is COCc1ccccc1C(=O)C(=O)[O-]. The predicted octanol–water partition coefficient (Wildman–Crippen LogP) is -0.234. The molecule has 14 heavy (non-hydrogen) atoms. The maximum Gasteiger partial charge on any atom is 0.208 e. The summed E-state index contributed by atoms with van der Waals surface area (Å²) in [5, 5.41) is 10.4. The Balaban J connectivity index is 3.06. The van der Waals surface area contributed by atoms with Gasteiger partial charge in [-0.15, -0.1) is 0 Å². The highest BCUT2D eigenvalue weighted by atomic mass is 16.5. The summed E-state index contributed by atoms with van der Waals surface area (Å²) in [4.78, 5) is 21.5. The van der Waals surface area contributed by atoms with Gasteiger partial charge in [0.15, 0.2) is 0 Å². The van der Waals surface area contributed by atoms with Crippen LogP contribution in [-0.4, -0.2) is 18.9 Å². The van der Waals surface area contributed by atoms with Crippen molar-refractivity contribution in [3.05, 3.63) is 35.4 Å². The Morgan fingerprint density at radius 3 is 2.57 bits per heavy atom. The van der Waals surface area contributed by atoms with Crippen LogP contribution in [0.5, 0.6) is 0 Å². The quantitative estimate of drug-likeness (QED) is 0.489. The number of carbonyl (C=O) groups excluding carboxylic acids is 2. The number of carboxylic acid groups (broad SMARTS) is 1. The molecule has 0 aliphatic carbocycles. The smallest absolute Gasteiger partial charge is 0.208 e. The van der Waals surface area contributed by atoms with E-state index in [1.165, 1.54) is 13.2 Å². The largest absolute Gasteiger partial charge is 0.541 e. The van der Waals surface area contributed by atoms with E-state index in [0.29, 0.717) is 5.56 Å². The minimum atomic E-state index is -1.70. The third kappa shape index (κ3) is 2.17. The van der Waals surface area contributed by atoms with Crippen LogP contribution < -0.4 is 5.11 Å². The van der Waals surface area contributed by atoms with E-state index in [1.807, 2.05) is 0 Å². The molecule has 0 amide bonds. The topological polar surface area (TPSA) is 66.4 Å². The van der Waals surface area contributed by atoms with Gasteiger partial charge in [-0.3, -0.25) is 4.79 Å². The normalized spacial score (nSPS) is 9.79. The Morgan fingerprint density at radius 2 is 2.00 bits per heavy atom. The van der Waals surface area contributed by atoms with Crippen molar-refractivity contribution in [3.8, 4) is 0 Å². The number of methoxy groups -OCH3 is 1. The van der Waals surface area contributed by atoms with E-state index in [4.69, 9.17) is 4.74 Å². The second-order valence-electron chi connectivity index (χ2n) is 2.71. The number of rotatable bonds is 4. The minimum absolute atomic E-state index is 0.120. The summed E-state index contributed by atoms with van der Waals surface area (Å²) in [5.74, 6) is -2.72. The van der Waals surface area contributed by atoms with Gasteiger partial charge in [0.1, 0.15) is 5.97 Å². The average molecular weight is 193 g/mol. The monoisotopic (exact) mass is 193 g/mol. The van der Waals surface area contributed by atoms with Crippen LogP contribution in [0.15, 0.2) is 24.3 Å². The van der Waals surface area contributed by atoms with Crippen molar-refractivity contribution < 1.29 is 19.4 Å². The number of carboxylic acids is 1. The molecule has 0 fully saturated rings. The lowest BCUT2D eigenvalue weighted by molar-refractivity contribution is -0.296. The molecule has 4 heteroatoms. The van der Waals surface area contributed by atoms with Crippen molar-refractivity contribution in [1.29, 1.82) is 0 Å². The number of aliphatic carboxylic acids is 1. The number of ether oxygens (including phenoxy) is 1. The highest BCUT2D eigenvalue weighted by molar-refractivity contribution is 6.39. The Hall–Kier alpha value is -1.68. The van der Waals surface area contributed by atoms with Gasteiger partial charge >= 0.3 is 0 Å². The summed E-state index contributed by atoms with van der Waals surface area (Å²) < 4.78 is 4.83. The fraction of sp³-hybridized carbons (Fsp3) is 0.200. The highest BCUT2D eigenvalue weighted by Crippen LogP contribution is 2.10. The molecular formula is C10H9O4-. The Bertz CT molecular complexity index is 357. The third-order valence-corrected chi connectivity index (χ3v) is 1.75. The molecule has 0 aromatic heterocycles. The molecule has 0 spiro atoms. The second kappa shape index (κ2) is 4.53. The summed E-state index contributed by atoms with van der Waals surface area (Å²) in [6.07, 6.45) is 0. The molecule has 0 heterocycles. The van der Waals surface area contributed by atoms with Crippen molar-refractivity contribution >= 4 is 11.8 Å². The molecule has 1 aromatic carbocycles. The number of ketones is 1. The standard InChI is InChI=1S/C10H10O4/c1-14-6-7-4-2-3-5-8(7)9(11)10(12)13/h2-5H,6H2,1H3,(H,12,13)/p-1. The van der Waals surface area contributed by atoms with Gasteiger partial charge in [0.25, 0.3) is 0 Å². The molecule has 0 saturated carbocycles. The first kappa shape index (κ1) is 10.4. The Labute approximate surface area is 81.1 Å². The third-order valence-electron chi connectivity index (χ3n) is 1.75. The first-order chi connectivity index (χ1) is 6.66. The van der Waals surface area contributed by atoms with Crippen LogP contribution in [-0.2, 0) is 16.1 Å². The van der Waals surface area contributed by atoms with E-state index in [1.54, 1.807) is 18.2 Å². The molecule has 74 valence electrons. The van der Waals surface area contributed by atoms with Gasteiger partial charge in [-0.05, 0) is 5.56 Å². The van der Waals surface area contributed by atoms with Crippen molar-refractivity contribution in [2.24, 2.45) is 0 Å². The van der Waals surface area contributed by atoms with E-state index in [0.717, 1.165) is 0 Å². The van der Waals surface area contributed by atoms with Gasteiger partial charge in [-0.2, -0.15) is 0 Å². The van der Waals surface area contributed by atoms with Crippen molar-refractivity contribution in [2.75, 3.05) is 7.11 Å². The highest BCUT2D eigenvalue weighted by Gasteiger charge is 2.10. The van der Waals surface area contributed by atoms with Crippen molar-refractivity contribution in [3.63, 3.8) is 0 Å². The van der Waals surface area contributed by atoms with Crippen molar-refractivity contribution in [2.45, 2.75) is 6.61 Å². The van der Waals surface area contributed by atoms with Gasteiger partial charge in [0, 0.05) is 12.7 Å². The Kier molecular flexibility index (Phi) is 3.36. The minimum Gasteiger partial charge on any atom is -0.541 e. The number of Topliss-reactive ketones (excluding diaryl/α,β-unsaturated/α-hetero) is 1. The Morgan fingerprint density at radius 1 is 1.36 bits per heavy atom. The molecule has 1 aromatic rings. The van der Waals surface area contributed by atoms with Crippen LogP contribution in [0, 0.1) is 0 Å². The van der Waals surface area contributed by atoms with Gasteiger partial charge in [-0.1, -0.05) is 24.3 Å². The van der Waals surface area contributed by atoms with E-state index in [2.05, 4.69) is 0 Å². The summed E-state index contributed by atoms with van der Waals surface area (Å²) in [6.45, 7) is 0.204. The molecule has 0 unspecified atom stereocenters. The van der Waals surface area contributed by atoms with Gasteiger partial charge in [-0.25, -0.2) is 0 Å². The number of carbonyl (C=O) groups is 2. The van der Waals surface area contributed by atoms with E-state index in [9.17, 15) is 14.7 Å². The summed E-state index contributed by atoms with van der Waals surface area (Å²) in [6, 6.07) is 6.38. The maximum absolute atomic E-state index is 11.1. The number of benzene rings is 1. The van der Waals surface area contributed by atoms with Gasteiger partial charge < -0.3 is 14.6 Å². The van der Waals surface area contributed by atoms with E-state index < -0.39 is 11.8 Å². The molecule has 0 bridgehead atoms. The average Bonchev–Trinajstić information content (AvgIpc) is 2.18. The maximum atomic E-state index is 11.1. The number of hydrogen-bond acceptors (Lipinski definition) is 4. The lowest BCUT2D eigenvalue weighted by atomic mass is 10.0. The lowest BCUT2D eigenvalue weighted by Gasteiger charge is -2.07. The van der Waals surface area contributed by atoms with E-state index in [-0.39, 0.29) is 12.2 Å². The summed E-state index contributed by atoms with van der Waals surface area (Å²) in [7, 11) is 1.47. The summed E-state index contributed by atoms with van der Waals surface area (Å²) >= 11 is 0. The van der Waals surface area contributed by atoms with Crippen LogP contribution >= 0.6 is 0 Å².